The molecule has 0 aliphatic heterocycles. The van der Waals surface area contributed by atoms with Crippen LogP contribution in [0.4, 0.5) is 0 Å². The van der Waals surface area contributed by atoms with Crippen molar-refractivity contribution < 1.29 is 4.79 Å². The molecule has 0 atom stereocenters. The van der Waals surface area contributed by atoms with Crippen LogP contribution in [0, 0.1) is 0 Å². The summed E-state index contributed by atoms with van der Waals surface area (Å²) < 4.78 is 1.27. The van der Waals surface area contributed by atoms with Crippen molar-refractivity contribution in [1.29, 1.82) is 0 Å². The fraction of sp³-hybridized carbons (Fsp3) is 0.412. The first-order valence-electron chi connectivity index (χ1n) is 7.98. The third kappa shape index (κ3) is 4.03. The van der Waals surface area contributed by atoms with E-state index < -0.39 is 0 Å². The Balaban J connectivity index is 1.66. The zero-order chi connectivity index (χ0) is 16.1. The molecule has 0 spiro atoms. The SMILES string of the molecule is O=C(Cn1nc2c(cc1=O)CCCCC2)NCc1cccnc1. The number of rotatable bonds is 4. The Morgan fingerprint density at radius 2 is 2.13 bits per heavy atom. The molecule has 6 nitrogen and oxygen atoms in total. The fourth-order valence-corrected chi connectivity index (χ4v) is 2.79. The highest BCUT2D eigenvalue weighted by Crippen LogP contribution is 2.16. The molecule has 0 radical (unpaired) electrons. The predicted molar refractivity (Wildman–Crippen MR) is 85.8 cm³/mol. The minimum Gasteiger partial charge on any atom is -0.350 e. The molecule has 23 heavy (non-hydrogen) atoms. The Morgan fingerprint density at radius 3 is 2.96 bits per heavy atom. The number of amides is 1. The summed E-state index contributed by atoms with van der Waals surface area (Å²) in [5.74, 6) is -0.225. The molecule has 0 bridgehead atoms. The summed E-state index contributed by atoms with van der Waals surface area (Å²) in [6.45, 7) is 0.346. The summed E-state index contributed by atoms with van der Waals surface area (Å²) >= 11 is 0. The van der Waals surface area contributed by atoms with Gasteiger partial charge in [0.15, 0.2) is 0 Å². The fourth-order valence-electron chi connectivity index (χ4n) is 2.79. The summed E-state index contributed by atoms with van der Waals surface area (Å²) in [7, 11) is 0. The quantitative estimate of drug-likeness (QED) is 0.861. The largest absolute Gasteiger partial charge is 0.350 e. The first kappa shape index (κ1) is 15.4. The molecule has 1 aliphatic rings. The van der Waals surface area contributed by atoms with E-state index in [1.54, 1.807) is 18.5 Å². The first-order chi connectivity index (χ1) is 11.2. The van der Waals surface area contributed by atoms with Crippen LogP contribution in [-0.4, -0.2) is 20.7 Å². The van der Waals surface area contributed by atoms with Gasteiger partial charge in [-0.3, -0.25) is 14.6 Å². The van der Waals surface area contributed by atoms with Crippen LogP contribution in [0.2, 0.25) is 0 Å². The van der Waals surface area contributed by atoms with E-state index in [9.17, 15) is 9.59 Å². The number of nitrogens with one attached hydrogen (secondary N) is 1. The predicted octanol–water partition coefficient (Wildman–Crippen LogP) is 1.22. The van der Waals surface area contributed by atoms with Crippen LogP contribution in [0.15, 0.2) is 35.4 Å². The van der Waals surface area contributed by atoms with Gasteiger partial charge in [-0.1, -0.05) is 12.5 Å². The van der Waals surface area contributed by atoms with Gasteiger partial charge in [0.05, 0.1) is 5.69 Å². The van der Waals surface area contributed by atoms with Crippen LogP contribution in [-0.2, 0) is 30.7 Å². The van der Waals surface area contributed by atoms with Crippen molar-refractivity contribution in [2.45, 2.75) is 45.2 Å². The average Bonchev–Trinajstić information content (AvgIpc) is 2.79. The Kier molecular flexibility index (Phi) is 4.80. The van der Waals surface area contributed by atoms with Crippen LogP contribution in [0.1, 0.15) is 36.1 Å². The lowest BCUT2D eigenvalue weighted by atomic mass is 10.1. The van der Waals surface area contributed by atoms with Gasteiger partial charge < -0.3 is 5.32 Å². The molecular formula is C17H20N4O2. The molecule has 2 heterocycles. The molecule has 0 saturated heterocycles. The summed E-state index contributed by atoms with van der Waals surface area (Å²) in [5, 5.41) is 7.19. The maximum Gasteiger partial charge on any atom is 0.267 e. The molecule has 1 aliphatic carbocycles. The number of hydrogen-bond donors (Lipinski definition) is 1. The minimum atomic E-state index is -0.225. The molecular weight excluding hydrogens is 292 g/mol. The maximum absolute atomic E-state index is 12.1. The third-order valence-electron chi connectivity index (χ3n) is 4.03. The zero-order valence-corrected chi connectivity index (χ0v) is 13.0. The van der Waals surface area contributed by atoms with Crippen LogP contribution >= 0.6 is 0 Å². The highest BCUT2D eigenvalue weighted by molar-refractivity contribution is 5.75. The summed E-state index contributed by atoms with van der Waals surface area (Å²) in [6, 6.07) is 5.35. The number of carbonyl (C=O) groups is 1. The molecule has 0 aromatic carbocycles. The van der Waals surface area contributed by atoms with Gasteiger partial charge in [-0.25, -0.2) is 4.68 Å². The number of nitrogens with zero attached hydrogens (tertiary/aromatic N) is 3. The molecule has 1 N–H and O–H groups in total. The summed E-state index contributed by atoms with van der Waals surface area (Å²) in [4.78, 5) is 28.2. The number of fused-ring (bicyclic) bond motifs is 1. The van der Waals surface area contributed by atoms with Crippen molar-refractivity contribution >= 4 is 5.91 Å². The second-order valence-electron chi connectivity index (χ2n) is 5.81. The number of carbonyl (C=O) groups excluding carboxylic acids is 1. The number of hydrogen-bond acceptors (Lipinski definition) is 4. The monoisotopic (exact) mass is 312 g/mol. The van der Waals surface area contributed by atoms with Crippen molar-refractivity contribution in [1.82, 2.24) is 20.1 Å². The van der Waals surface area contributed by atoms with Crippen LogP contribution in [0.3, 0.4) is 0 Å². The number of pyridine rings is 1. The van der Waals surface area contributed by atoms with E-state index in [1.807, 2.05) is 12.1 Å². The second-order valence-corrected chi connectivity index (χ2v) is 5.81. The molecule has 3 rings (SSSR count). The van der Waals surface area contributed by atoms with E-state index in [4.69, 9.17) is 0 Å². The Bertz CT molecular complexity index is 740. The molecule has 0 fully saturated rings. The van der Waals surface area contributed by atoms with Gasteiger partial charge in [0.1, 0.15) is 6.54 Å². The Morgan fingerprint density at radius 1 is 1.26 bits per heavy atom. The van der Waals surface area contributed by atoms with Gasteiger partial charge in [-0.05, 0) is 42.9 Å². The molecule has 1 amide bonds. The van der Waals surface area contributed by atoms with E-state index in [-0.39, 0.29) is 18.0 Å². The van der Waals surface area contributed by atoms with E-state index in [0.29, 0.717) is 6.54 Å². The van der Waals surface area contributed by atoms with Crippen molar-refractivity contribution in [2.75, 3.05) is 0 Å². The first-order valence-corrected chi connectivity index (χ1v) is 7.98. The van der Waals surface area contributed by atoms with Crippen molar-refractivity contribution in [2.24, 2.45) is 0 Å². The second kappa shape index (κ2) is 7.17. The molecule has 6 heteroatoms. The summed E-state index contributed by atoms with van der Waals surface area (Å²) in [5.41, 5.74) is 2.71. The van der Waals surface area contributed by atoms with E-state index in [0.717, 1.165) is 48.9 Å². The molecule has 0 saturated carbocycles. The summed E-state index contributed by atoms with van der Waals surface area (Å²) in [6.07, 6.45) is 8.53. The minimum absolute atomic E-state index is 0.0492. The van der Waals surface area contributed by atoms with Gasteiger partial charge in [-0.2, -0.15) is 5.10 Å². The standard InChI is InChI=1S/C17H20N4O2/c22-16(19-11-13-5-4-8-18-10-13)12-21-17(23)9-14-6-2-1-3-7-15(14)20-21/h4-5,8-10H,1-3,6-7,11-12H2,(H,19,22). The highest BCUT2D eigenvalue weighted by atomic mass is 16.2. The van der Waals surface area contributed by atoms with Crippen molar-refractivity contribution in [3.05, 3.63) is 57.8 Å². The lowest BCUT2D eigenvalue weighted by molar-refractivity contribution is -0.122. The van der Waals surface area contributed by atoms with E-state index in [2.05, 4.69) is 15.4 Å². The van der Waals surface area contributed by atoms with Gasteiger partial charge in [0, 0.05) is 25.0 Å². The third-order valence-corrected chi connectivity index (χ3v) is 4.03. The topological polar surface area (TPSA) is 76.9 Å². The van der Waals surface area contributed by atoms with Crippen LogP contribution < -0.4 is 10.9 Å². The van der Waals surface area contributed by atoms with Gasteiger partial charge in [-0.15, -0.1) is 0 Å². The number of aromatic nitrogens is 3. The molecule has 120 valence electrons. The molecule has 0 unspecified atom stereocenters. The van der Waals surface area contributed by atoms with Gasteiger partial charge in [0.2, 0.25) is 5.91 Å². The average molecular weight is 312 g/mol. The molecule has 2 aromatic heterocycles. The Hall–Kier alpha value is -2.50. The van der Waals surface area contributed by atoms with Crippen molar-refractivity contribution in [3.8, 4) is 0 Å². The molecule has 2 aromatic rings. The smallest absolute Gasteiger partial charge is 0.267 e. The zero-order valence-electron chi connectivity index (χ0n) is 13.0. The van der Waals surface area contributed by atoms with Crippen LogP contribution in [0.5, 0.6) is 0 Å². The van der Waals surface area contributed by atoms with Gasteiger partial charge >= 0.3 is 0 Å². The maximum atomic E-state index is 12.1. The van der Waals surface area contributed by atoms with E-state index >= 15 is 0 Å². The van der Waals surface area contributed by atoms with E-state index in [1.165, 1.54) is 4.68 Å². The lowest BCUT2D eigenvalue weighted by Crippen LogP contribution is -2.34. The number of aryl methyl sites for hydroxylation is 2. The highest BCUT2D eigenvalue weighted by Gasteiger charge is 2.13. The Labute approximate surface area is 134 Å². The van der Waals surface area contributed by atoms with Crippen LogP contribution in [0.25, 0.3) is 0 Å². The normalized spacial score (nSPS) is 13.9. The van der Waals surface area contributed by atoms with Crippen molar-refractivity contribution in [3.63, 3.8) is 0 Å². The lowest BCUT2D eigenvalue weighted by Gasteiger charge is -2.10. The van der Waals surface area contributed by atoms with Gasteiger partial charge in [0.25, 0.3) is 5.56 Å².